The first-order valence-electron chi connectivity index (χ1n) is 5.97. The van der Waals surface area contributed by atoms with Gasteiger partial charge >= 0.3 is 0 Å². The van der Waals surface area contributed by atoms with Gasteiger partial charge in [-0.3, -0.25) is 0 Å². The van der Waals surface area contributed by atoms with Gasteiger partial charge in [0.15, 0.2) is 0 Å². The number of benzene rings is 1. The third-order valence-electron chi connectivity index (χ3n) is 3.59. The average molecular weight is 283 g/mol. The van der Waals surface area contributed by atoms with Crippen molar-refractivity contribution >= 4 is 15.9 Å². The molecule has 1 aromatic carbocycles. The summed E-state index contributed by atoms with van der Waals surface area (Å²) >= 11 is 3.67. The molecule has 1 aliphatic rings. The molecule has 0 bridgehead atoms. The number of fused-ring (bicyclic) bond motifs is 1. The average Bonchev–Trinajstić information content (AvgIpc) is 2.29. The van der Waals surface area contributed by atoms with Crippen molar-refractivity contribution in [3.8, 4) is 0 Å². The molecule has 0 fully saturated rings. The lowest BCUT2D eigenvalue weighted by atomic mass is 9.81. The summed E-state index contributed by atoms with van der Waals surface area (Å²) in [7, 11) is 0. The van der Waals surface area contributed by atoms with E-state index in [2.05, 4.69) is 41.9 Å². The van der Waals surface area contributed by atoms with Crippen molar-refractivity contribution in [2.45, 2.75) is 44.9 Å². The highest BCUT2D eigenvalue weighted by Gasteiger charge is 2.22. The highest BCUT2D eigenvalue weighted by Crippen LogP contribution is 2.33. The molecule has 2 rings (SSSR count). The summed E-state index contributed by atoms with van der Waals surface area (Å²) in [5.74, 6) is 0. The number of aliphatic hydroxyl groups is 1. The lowest BCUT2D eigenvalue weighted by Crippen LogP contribution is -2.23. The third kappa shape index (κ3) is 2.18. The summed E-state index contributed by atoms with van der Waals surface area (Å²) in [4.78, 5) is 0. The fourth-order valence-electron chi connectivity index (χ4n) is 2.30. The predicted octanol–water partition coefficient (Wildman–Crippen LogP) is 3.60. The Labute approximate surface area is 106 Å². The quantitative estimate of drug-likeness (QED) is 0.879. The van der Waals surface area contributed by atoms with Crippen LogP contribution in [-0.4, -0.2) is 11.7 Å². The Morgan fingerprint density at radius 3 is 2.62 bits per heavy atom. The maximum atomic E-state index is 9.43. The third-order valence-corrected chi connectivity index (χ3v) is 4.30. The van der Waals surface area contributed by atoms with Gasteiger partial charge < -0.3 is 5.11 Å². The molecular formula is C14H19BrO. The minimum Gasteiger partial charge on any atom is -0.395 e. The van der Waals surface area contributed by atoms with E-state index in [0.29, 0.717) is 0 Å². The number of halogens is 1. The van der Waals surface area contributed by atoms with E-state index in [-0.39, 0.29) is 12.0 Å². The Morgan fingerprint density at radius 1 is 1.25 bits per heavy atom. The topological polar surface area (TPSA) is 20.2 Å². The van der Waals surface area contributed by atoms with E-state index >= 15 is 0 Å². The van der Waals surface area contributed by atoms with Crippen LogP contribution in [-0.2, 0) is 18.3 Å². The van der Waals surface area contributed by atoms with Crippen LogP contribution in [0.2, 0.25) is 0 Å². The molecule has 0 atom stereocenters. The van der Waals surface area contributed by atoms with E-state index in [0.717, 1.165) is 0 Å². The molecule has 0 aromatic heterocycles. The number of hydrogen-bond acceptors (Lipinski definition) is 1. The number of hydrogen-bond donors (Lipinski definition) is 1. The molecule has 0 radical (unpaired) electrons. The minimum absolute atomic E-state index is 0.144. The molecule has 0 unspecified atom stereocenters. The van der Waals surface area contributed by atoms with Crippen LogP contribution in [0.3, 0.4) is 0 Å². The maximum Gasteiger partial charge on any atom is 0.0522 e. The summed E-state index contributed by atoms with van der Waals surface area (Å²) in [6, 6.07) is 4.47. The second kappa shape index (κ2) is 4.50. The van der Waals surface area contributed by atoms with Gasteiger partial charge in [0.05, 0.1) is 6.61 Å². The van der Waals surface area contributed by atoms with Crippen molar-refractivity contribution in [2.75, 3.05) is 6.61 Å². The molecule has 1 aliphatic carbocycles. The molecule has 1 N–H and O–H groups in total. The van der Waals surface area contributed by atoms with Crippen LogP contribution in [0, 0.1) is 0 Å². The zero-order valence-electron chi connectivity index (χ0n) is 10.0. The summed E-state index contributed by atoms with van der Waals surface area (Å²) < 4.78 is 1.22. The first kappa shape index (κ1) is 12.1. The Hall–Kier alpha value is -0.340. The molecule has 0 aliphatic heterocycles. The van der Waals surface area contributed by atoms with Gasteiger partial charge in [0.2, 0.25) is 0 Å². The van der Waals surface area contributed by atoms with Gasteiger partial charge in [-0.1, -0.05) is 35.8 Å². The molecule has 0 amide bonds. The smallest absolute Gasteiger partial charge is 0.0522 e. The molecule has 1 nitrogen and oxygen atoms in total. The van der Waals surface area contributed by atoms with E-state index in [1.807, 2.05) is 0 Å². The second-order valence-corrected chi connectivity index (χ2v) is 6.20. The molecule has 0 saturated carbocycles. The van der Waals surface area contributed by atoms with E-state index in [4.69, 9.17) is 0 Å². The monoisotopic (exact) mass is 282 g/mol. The summed E-state index contributed by atoms with van der Waals surface area (Å²) in [5, 5.41) is 9.43. The Morgan fingerprint density at radius 2 is 1.94 bits per heavy atom. The van der Waals surface area contributed by atoms with Crippen LogP contribution >= 0.6 is 15.9 Å². The first-order valence-corrected chi connectivity index (χ1v) is 6.76. The zero-order valence-corrected chi connectivity index (χ0v) is 11.6. The normalized spacial score (nSPS) is 16.0. The van der Waals surface area contributed by atoms with E-state index in [1.165, 1.54) is 46.8 Å². The lowest BCUT2D eigenvalue weighted by Gasteiger charge is -2.26. The van der Waals surface area contributed by atoms with Crippen molar-refractivity contribution in [1.29, 1.82) is 0 Å². The van der Waals surface area contributed by atoms with Crippen LogP contribution < -0.4 is 0 Å². The Balaban J connectivity index is 2.47. The van der Waals surface area contributed by atoms with Gasteiger partial charge in [-0.05, 0) is 48.4 Å². The van der Waals surface area contributed by atoms with Gasteiger partial charge in [0.1, 0.15) is 0 Å². The van der Waals surface area contributed by atoms with E-state index < -0.39 is 0 Å². The van der Waals surface area contributed by atoms with Crippen LogP contribution in [0.15, 0.2) is 16.6 Å². The molecule has 0 saturated heterocycles. The predicted molar refractivity (Wildman–Crippen MR) is 70.9 cm³/mol. The van der Waals surface area contributed by atoms with Gasteiger partial charge in [-0.2, -0.15) is 0 Å². The molecule has 0 spiro atoms. The molecule has 16 heavy (non-hydrogen) atoms. The number of aliphatic hydroxyl groups excluding tert-OH is 1. The van der Waals surface area contributed by atoms with Crippen molar-refractivity contribution in [3.63, 3.8) is 0 Å². The standard InChI is InChI=1S/C14H19BrO/c1-14(2,9-16)11-7-10-5-3-4-6-12(10)13(15)8-11/h7-8,16H,3-6,9H2,1-2H3. The first-order chi connectivity index (χ1) is 7.54. The molecule has 88 valence electrons. The van der Waals surface area contributed by atoms with E-state index in [1.54, 1.807) is 0 Å². The summed E-state index contributed by atoms with van der Waals surface area (Å²) in [6.45, 7) is 4.37. The Kier molecular flexibility index (Phi) is 3.41. The van der Waals surface area contributed by atoms with Gasteiger partial charge in [-0.25, -0.2) is 0 Å². The van der Waals surface area contributed by atoms with Crippen molar-refractivity contribution in [3.05, 3.63) is 33.3 Å². The van der Waals surface area contributed by atoms with Crippen LogP contribution in [0.5, 0.6) is 0 Å². The van der Waals surface area contributed by atoms with Crippen LogP contribution in [0.4, 0.5) is 0 Å². The second-order valence-electron chi connectivity index (χ2n) is 5.34. The zero-order chi connectivity index (χ0) is 11.8. The SMILES string of the molecule is CC(C)(CO)c1cc(Br)c2c(c1)CCCC2. The lowest BCUT2D eigenvalue weighted by molar-refractivity contribution is 0.218. The maximum absolute atomic E-state index is 9.43. The van der Waals surface area contributed by atoms with Crippen LogP contribution in [0.25, 0.3) is 0 Å². The molecular weight excluding hydrogens is 264 g/mol. The number of rotatable bonds is 2. The van der Waals surface area contributed by atoms with Gasteiger partial charge in [0.25, 0.3) is 0 Å². The summed E-state index contributed by atoms with van der Waals surface area (Å²) in [6.07, 6.45) is 4.97. The van der Waals surface area contributed by atoms with Crippen molar-refractivity contribution in [1.82, 2.24) is 0 Å². The Bertz CT molecular complexity index is 396. The highest BCUT2D eigenvalue weighted by atomic mass is 79.9. The molecule has 0 heterocycles. The van der Waals surface area contributed by atoms with Crippen LogP contribution in [0.1, 0.15) is 43.4 Å². The number of aryl methyl sites for hydroxylation is 1. The fourth-order valence-corrected chi connectivity index (χ4v) is 3.00. The highest BCUT2D eigenvalue weighted by molar-refractivity contribution is 9.10. The minimum atomic E-state index is -0.144. The van der Waals surface area contributed by atoms with E-state index in [9.17, 15) is 5.11 Å². The van der Waals surface area contributed by atoms with Crippen molar-refractivity contribution < 1.29 is 5.11 Å². The van der Waals surface area contributed by atoms with Gasteiger partial charge in [-0.15, -0.1) is 0 Å². The molecule has 2 heteroatoms. The molecule has 1 aromatic rings. The van der Waals surface area contributed by atoms with Gasteiger partial charge in [0, 0.05) is 9.89 Å². The fraction of sp³-hybridized carbons (Fsp3) is 0.571. The summed E-state index contributed by atoms with van der Waals surface area (Å²) in [5.41, 5.74) is 4.04. The van der Waals surface area contributed by atoms with Crippen molar-refractivity contribution in [2.24, 2.45) is 0 Å². The largest absolute Gasteiger partial charge is 0.395 e.